The summed E-state index contributed by atoms with van der Waals surface area (Å²) in [7, 11) is 4.08. The van der Waals surface area contributed by atoms with Crippen molar-refractivity contribution in [1.82, 2.24) is 4.90 Å². The van der Waals surface area contributed by atoms with Gasteiger partial charge in [-0.1, -0.05) is 30.3 Å². The number of hydrogen-bond donors (Lipinski definition) is 1. The Balaban J connectivity index is 1.96. The molecule has 0 atom stereocenters. The maximum atomic E-state index is 11.5. The van der Waals surface area contributed by atoms with Gasteiger partial charge in [0.15, 0.2) is 0 Å². The second-order valence-electron chi connectivity index (χ2n) is 6.55. The van der Waals surface area contributed by atoms with Crippen molar-refractivity contribution in [2.24, 2.45) is 0 Å². The Kier molecular flexibility index (Phi) is 4.86. The minimum absolute atomic E-state index is 0.399. The quantitative estimate of drug-likeness (QED) is 0.923. The van der Waals surface area contributed by atoms with Crippen molar-refractivity contribution in [3.05, 3.63) is 70.0 Å². The SMILES string of the molecule is CN(C)CCC=C1CC(C(=O)O)=CC2=C1Cc1ccccc1CO2. The molecular weight excluding hydrogens is 302 g/mol. The highest BCUT2D eigenvalue weighted by atomic mass is 16.5. The van der Waals surface area contributed by atoms with Crippen molar-refractivity contribution in [3.63, 3.8) is 0 Å². The Bertz CT molecular complexity index is 741. The van der Waals surface area contributed by atoms with Gasteiger partial charge in [-0.3, -0.25) is 0 Å². The summed E-state index contributed by atoms with van der Waals surface area (Å²) >= 11 is 0. The molecule has 0 saturated heterocycles. The van der Waals surface area contributed by atoms with Crippen LogP contribution < -0.4 is 0 Å². The lowest BCUT2D eigenvalue weighted by Crippen LogP contribution is -2.14. The Morgan fingerprint density at radius 3 is 2.71 bits per heavy atom. The first kappa shape index (κ1) is 16.5. The second kappa shape index (κ2) is 7.05. The van der Waals surface area contributed by atoms with Crippen LogP contribution in [0.15, 0.2) is 58.9 Å². The molecule has 0 aromatic heterocycles. The van der Waals surface area contributed by atoms with Crippen molar-refractivity contribution in [3.8, 4) is 0 Å². The molecule has 24 heavy (non-hydrogen) atoms. The molecule has 4 nitrogen and oxygen atoms in total. The zero-order valence-electron chi connectivity index (χ0n) is 14.2. The van der Waals surface area contributed by atoms with Crippen LogP contribution in [0.5, 0.6) is 0 Å². The van der Waals surface area contributed by atoms with Gasteiger partial charge in [-0.2, -0.15) is 0 Å². The predicted octanol–water partition coefficient (Wildman–Crippen LogP) is 3.31. The first-order valence-corrected chi connectivity index (χ1v) is 8.25. The zero-order valence-corrected chi connectivity index (χ0v) is 14.2. The van der Waals surface area contributed by atoms with Gasteiger partial charge in [-0.15, -0.1) is 0 Å². The van der Waals surface area contributed by atoms with Gasteiger partial charge in [0, 0.05) is 30.5 Å². The first-order valence-electron chi connectivity index (χ1n) is 8.25. The number of carboxylic acids is 1. The number of carbonyl (C=O) groups is 1. The lowest BCUT2D eigenvalue weighted by Gasteiger charge is -2.20. The van der Waals surface area contributed by atoms with Gasteiger partial charge < -0.3 is 14.7 Å². The fourth-order valence-electron chi connectivity index (χ4n) is 3.14. The molecule has 3 rings (SSSR count). The topological polar surface area (TPSA) is 49.8 Å². The van der Waals surface area contributed by atoms with E-state index in [1.165, 1.54) is 11.1 Å². The van der Waals surface area contributed by atoms with Crippen molar-refractivity contribution in [1.29, 1.82) is 0 Å². The van der Waals surface area contributed by atoms with E-state index in [9.17, 15) is 9.90 Å². The summed E-state index contributed by atoms with van der Waals surface area (Å²) in [5.74, 6) is -0.156. The number of rotatable bonds is 4. The normalized spacial score (nSPS) is 18.6. The van der Waals surface area contributed by atoms with Gasteiger partial charge in [0.2, 0.25) is 0 Å². The van der Waals surface area contributed by atoms with Gasteiger partial charge in [0.05, 0.1) is 0 Å². The molecule has 0 bridgehead atoms. The van der Waals surface area contributed by atoms with Gasteiger partial charge in [-0.25, -0.2) is 4.79 Å². The van der Waals surface area contributed by atoms with Crippen LogP contribution in [0.1, 0.15) is 24.0 Å². The lowest BCUT2D eigenvalue weighted by molar-refractivity contribution is -0.132. The average Bonchev–Trinajstić information content (AvgIpc) is 2.73. The van der Waals surface area contributed by atoms with Gasteiger partial charge in [0.25, 0.3) is 0 Å². The van der Waals surface area contributed by atoms with E-state index in [0.29, 0.717) is 24.4 Å². The summed E-state index contributed by atoms with van der Waals surface area (Å²) in [4.78, 5) is 13.6. The molecule has 2 aliphatic rings. The van der Waals surface area contributed by atoms with Crippen molar-refractivity contribution >= 4 is 5.97 Å². The molecule has 4 heteroatoms. The van der Waals surface area contributed by atoms with E-state index in [-0.39, 0.29) is 0 Å². The molecule has 1 heterocycles. The van der Waals surface area contributed by atoms with Crippen LogP contribution >= 0.6 is 0 Å². The molecule has 0 spiro atoms. The molecule has 0 unspecified atom stereocenters. The Labute approximate surface area is 142 Å². The van der Waals surface area contributed by atoms with Crippen LogP contribution in [0.4, 0.5) is 0 Å². The summed E-state index contributed by atoms with van der Waals surface area (Å²) in [5, 5.41) is 9.42. The Hall–Kier alpha value is -2.33. The molecular formula is C20H23NO3. The standard InChI is InChI=1S/C20H23NO3/c1-21(2)9-5-8-15-10-17(20(22)23)12-19-18(15)11-14-6-3-4-7-16(14)13-24-19/h3-4,6-8,12H,5,9-11,13H2,1-2H3,(H,22,23). The van der Waals surface area contributed by atoms with E-state index in [1.807, 2.05) is 26.2 Å². The molecule has 0 amide bonds. The number of ether oxygens (including phenoxy) is 1. The van der Waals surface area contributed by atoms with Crippen molar-refractivity contribution in [2.45, 2.75) is 25.9 Å². The van der Waals surface area contributed by atoms with Crippen molar-refractivity contribution < 1.29 is 14.6 Å². The lowest BCUT2D eigenvalue weighted by atomic mass is 9.86. The fraction of sp³-hybridized carbons (Fsp3) is 0.350. The largest absolute Gasteiger partial charge is 0.489 e. The number of carboxylic acid groups (broad SMARTS) is 1. The fourth-order valence-corrected chi connectivity index (χ4v) is 3.14. The predicted molar refractivity (Wildman–Crippen MR) is 93.6 cm³/mol. The monoisotopic (exact) mass is 325 g/mol. The second-order valence-corrected chi connectivity index (χ2v) is 6.55. The average molecular weight is 325 g/mol. The number of hydrogen-bond acceptors (Lipinski definition) is 3. The Morgan fingerprint density at radius 1 is 1.25 bits per heavy atom. The van der Waals surface area contributed by atoms with Gasteiger partial charge >= 0.3 is 5.97 Å². The molecule has 1 aliphatic heterocycles. The third-order valence-corrected chi connectivity index (χ3v) is 4.48. The van der Waals surface area contributed by atoms with E-state index < -0.39 is 5.97 Å². The van der Waals surface area contributed by atoms with Gasteiger partial charge in [0.1, 0.15) is 12.4 Å². The molecule has 1 N–H and O–H groups in total. The summed E-state index contributed by atoms with van der Waals surface area (Å²) in [6.07, 6.45) is 6.03. The third-order valence-electron chi connectivity index (χ3n) is 4.48. The highest BCUT2D eigenvalue weighted by Gasteiger charge is 2.25. The summed E-state index contributed by atoms with van der Waals surface area (Å²) in [6, 6.07) is 8.26. The van der Waals surface area contributed by atoms with Crippen LogP contribution in [-0.2, 0) is 22.6 Å². The minimum Gasteiger partial charge on any atom is -0.489 e. The summed E-state index contributed by atoms with van der Waals surface area (Å²) < 4.78 is 5.96. The number of nitrogens with zero attached hydrogens (tertiary/aromatic N) is 1. The van der Waals surface area contributed by atoms with Crippen LogP contribution in [0.3, 0.4) is 0 Å². The van der Waals surface area contributed by atoms with Crippen LogP contribution in [0, 0.1) is 0 Å². The zero-order chi connectivity index (χ0) is 17.1. The molecule has 1 aliphatic carbocycles. The molecule has 1 aromatic carbocycles. The van der Waals surface area contributed by atoms with E-state index >= 15 is 0 Å². The minimum atomic E-state index is -0.870. The van der Waals surface area contributed by atoms with Crippen LogP contribution in [-0.4, -0.2) is 36.6 Å². The number of allylic oxidation sites excluding steroid dienone is 3. The highest BCUT2D eigenvalue weighted by molar-refractivity contribution is 5.88. The first-order chi connectivity index (χ1) is 11.5. The molecule has 0 saturated carbocycles. The van der Waals surface area contributed by atoms with E-state index in [0.717, 1.165) is 30.5 Å². The van der Waals surface area contributed by atoms with Crippen LogP contribution in [0.25, 0.3) is 0 Å². The van der Waals surface area contributed by atoms with Crippen molar-refractivity contribution in [2.75, 3.05) is 20.6 Å². The maximum absolute atomic E-state index is 11.5. The number of fused-ring (bicyclic) bond motifs is 1. The van der Waals surface area contributed by atoms with Gasteiger partial charge in [-0.05, 0) is 43.3 Å². The molecule has 0 fully saturated rings. The van der Waals surface area contributed by atoms with Crippen LogP contribution in [0.2, 0.25) is 0 Å². The summed E-state index contributed by atoms with van der Waals surface area (Å²) in [5.41, 5.74) is 5.04. The summed E-state index contributed by atoms with van der Waals surface area (Å²) in [6.45, 7) is 1.43. The third kappa shape index (κ3) is 3.60. The van der Waals surface area contributed by atoms with E-state index in [2.05, 4.69) is 23.1 Å². The Morgan fingerprint density at radius 2 is 2.00 bits per heavy atom. The molecule has 126 valence electrons. The van der Waals surface area contributed by atoms with E-state index in [1.54, 1.807) is 6.08 Å². The maximum Gasteiger partial charge on any atom is 0.332 e. The van der Waals surface area contributed by atoms with E-state index in [4.69, 9.17) is 4.74 Å². The number of aliphatic carboxylic acids is 1. The molecule has 0 radical (unpaired) electrons. The highest BCUT2D eigenvalue weighted by Crippen LogP contribution is 2.35. The number of benzene rings is 1. The molecule has 1 aromatic rings. The smallest absolute Gasteiger partial charge is 0.332 e.